The van der Waals surface area contributed by atoms with Crippen molar-refractivity contribution in [2.24, 2.45) is 0 Å². The predicted octanol–water partition coefficient (Wildman–Crippen LogP) is 5.01. The summed E-state index contributed by atoms with van der Waals surface area (Å²) in [6.45, 7) is 2.80. The molecule has 5 heteroatoms. The van der Waals surface area contributed by atoms with Gasteiger partial charge in [-0.05, 0) is 56.7 Å². The number of hydrogen-bond donors (Lipinski definition) is 1. The van der Waals surface area contributed by atoms with Gasteiger partial charge in [-0.2, -0.15) is 13.2 Å². The van der Waals surface area contributed by atoms with Gasteiger partial charge in [-0.3, -0.25) is 0 Å². The van der Waals surface area contributed by atoms with Gasteiger partial charge in [0.05, 0.1) is 0 Å². The van der Waals surface area contributed by atoms with Crippen molar-refractivity contribution in [3.8, 4) is 0 Å². The molecule has 0 saturated heterocycles. The molecule has 20 heavy (non-hydrogen) atoms. The Morgan fingerprint density at radius 2 is 2.05 bits per heavy atom. The van der Waals surface area contributed by atoms with Crippen LogP contribution < -0.4 is 5.32 Å². The first-order valence-corrected chi connectivity index (χ1v) is 8.23. The highest BCUT2D eigenvalue weighted by Crippen LogP contribution is 2.36. The van der Waals surface area contributed by atoms with Crippen molar-refractivity contribution in [1.29, 1.82) is 0 Å². The largest absolute Gasteiger partial charge is 0.389 e. The number of nitrogens with one attached hydrogen (secondary N) is 1. The summed E-state index contributed by atoms with van der Waals surface area (Å²) < 4.78 is 37.4. The van der Waals surface area contributed by atoms with Crippen molar-refractivity contribution in [1.82, 2.24) is 5.32 Å². The molecular formula is C15H22F3NS. The van der Waals surface area contributed by atoms with E-state index < -0.39 is 12.6 Å². The molecule has 0 aliphatic heterocycles. The molecule has 1 N–H and O–H groups in total. The Kier molecular flexibility index (Phi) is 5.49. The Bertz CT molecular complexity index is 402. The molecule has 0 saturated carbocycles. The Labute approximate surface area is 122 Å². The highest BCUT2D eigenvalue weighted by molar-refractivity contribution is 7.12. The molecule has 1 aliphatic rings. The third kappa shape index (κ3) is 4.48. The van der Waals surface area contributed by atoms with Crippen molar-refractivity contribution in [2.45, 2.75) is 64.1 Å². The summed E-state index contributed by atoms with van der Waals surface area (Å²) in [4.78, 5) is 2.48. The zero-order chi connectivity index (χ0) is 14.6. The van der Waals surface area contributed by atoms with Gasteiger partial charge in [0.25, 0.3) is 0 Å². The molecular weight excluding hydrogens is 283 g/mol. The molecule has 1 heterocycles. The fourth-order valence-corrected chi connectivity index (χ4v) is 4.02. The van der Waals surface area contributed by atoms with E-state index in [1.807, 2.05) is 6.92 Å². The average Bonchev–Trinajstić information content (AvgIpc) is 2.81. The lowest BCUT2D eigenvalue weighted by molar-refractivity contribution is -0.136. The molecule has 0 radical (unpaired) electrons. The second-order valence-corrected chi connectivity index (χ2v) is 6.63. The van der Waals surface area contributed by atoms with Crippen molar-refractivity contribution >= 4 is 11.3 Å². The van der Waals surface area contributed by atoms with Crippen molar-refractivity contribution in [3.05, 3.63) is 21.4 Å². The molecule has 1 atom stereocenters. The van der Waals surface area contributed by atoms with Gasteiger partial charge < -0.3 is 5.32 Å². The SMILES string of the molecule is CCCNC(CCC(F)(F)F)c1cc2c(s1)CCCC2. The summed E-state index contributed by atoms with van der Waals surface area (Å²) in [7, 11) is 0. The lowest BCUT2D eigenvalue weighted by atomic mass is 9.98. The molecule has 0 spiro atoms. The number of halogens is 3. The molecule has 1 aromatic heterocycles. The van der Waals surface area contributed by atoms with Crippen LogP contribution in [-0.4, -0.2) is 12.7 Å². The number of aryl methyl sites for hydroxylation is 2. The quantitative estimate of drug-likeness (QED) is 0.779. The summed E-state index contributed by atoms with van der Waals surface area (Å²) in [5.74, 6) is 0. The van der Waals surface area contributed by atoms with E-state index in [-0.39, 0.29) is 12.5 Å². The third-order valence-electron chi connectivity index (χ3n) is 3.72. The van der Waals surface area contributed by atoms with Crippen LogP contribution >= 0.6 is 11.3 Å². The topological polar surface area (TPSA) is 12.0 Å². The molecule has 0 fully saturated rings. The van der Waals surface area contributed by atoms with Gasteiger partial charge in [0.15, 0.2) is 0 Å². The molecule has 1 aliphatic carbocycles. The Morgan fingerprint density at radius 3 is 2.70 bits per heavy atom. The minimum atomic E-state index is -4.07. The molecule has 0 amide bonds. The first-order chi connectivity index (χ1) is 9.49. The van der Waals surface area contributed by atoms with E-state index in [0.29, 0.717) is 0 Å². The highest BCUT2D eigenvalue weighted by Gasteiger charge is 2.29. The summed E-state index contributed by atoms with van der Waals surface area (Å²) in [6, 6.07) is 2.00. The second kappa shape index (κ2) is 6.94. The maximum absolute atomic E-state index is 12.5. The fraction of sp³-hybridized carbons (Fsp3) is 0.733. The molecule has 114 valence electrons. The lowest BCUT2D eigenvalue weighted by Gasteiger charge is -2.18. The van der Waals surface area contributed by atoms with Crippen LogP contribution in [-0.2, 0) is 12.8 Å². The molecule has 0 bridgehead atoms. The normalized spacial score (nSPS) is 17.0. The van der Waals surface area contributed by atoms with E-state index in [9.17, 15) is 13.2 Å². The molecule has 1 aromatic rings. The molecule has 2 rings (SSSR count). The van der Waals surface area contributed by atoms with Crippen molar-refractivity contribution < 1.29 is 13.2 Å². The van der Waals surface area contributed by atoms with Crippen LogP contribution in [0.4, 0.5) is 13.2 Å². The molecule has 1 nitrogen and oxygen atoms in total. The Balaban J connectivity index is 2.06. The van der Waals surface area contributed by atoms with E-state index in [1.165, 1.54) is 23.3 Å². The van der Waals surface area contributed by atoms with Crippen molar-refractivity contribution in [2.75, 3.05) is 6.54 Å². The minimum Gasteiger partial charge on any atom is -0.309 e. The van der Waals surface area contributed by atoms with Gasteiger partial charge in [-0.1, -0.05) is 6.92 Å². The van der Waals surface area contributed by atoms with Gasteiger partial charge >= 0.3 is 6.18 Å². The fourth-order valence-electron chi connectivity index (χ4n) is 2.66. The molecule has 1 unspecified atom stereocenters. The number of fused-ring (bicyclic) bond motifs is 1. The van der Waals surface area contributed by atoms with Gasteiger partial charge in [-0.25, -0.2) is 0 Å². The van der Waals surface area contributed by atoms with Crippen LogP contribution in [0, 0.1) is 0 Å². The number of rotatable bonds is 6. The monoisotopic (exact) mass is 305 g/mol. The zero-order valence-electron chi connectivity index (χ0n) is 11.9. The van der Waals surface area contributed by atoms with E-state index in [0.717, 1.165) is 30.7 Å². The van der Waals surface area contributed by atoms with Gasteiger partial charge in [0, 0.05) is 22.2 Å². The maximum Gasteiger partial charge on any atom is 0.389 e. The first-order valence-electron chi connectivity index (χ1n) is 7.41. The standard InChI is InChI=1S/C15H22F3NS/c1-2-9-19-12(7-8-15(16,17)18)14-10-11-5-3-4-6-13(11)20-14/h10,12,19H,2-9H2,1H3. The number of hydrogen-bond acceptors (Lipinski definition) is 2. The van der Waals surface area contributed by atoms with Crippen molar-refractivity contribution in [3.63, 3.8) is 0 Å². The highest BCUT2D eigenvalue weighted by atomic mass is 32.1. The van der Waals surface area contributed by atoms with Crippen LogP contribution in [0.3, 0.4) is 0 Å². The lowest BCUT2D eigenvalue weighted by Crippen LogP contribution is -2.23. The minimum absolute atomic E-state index is 0.142. The van der Waals surface area contributed by atoms with Gasteiger partial charge in [0.1, 0.15) is 0 Å². The zero-order valence-corrected chi connectivity index (χ0v) is 12.7. The number of thiophene rings is 1. The third-order valence-corrected chi connectivity index (χ3v) is 5.07. The Morgan fingerprint density at radius 1 is 1.30 bits per heavy atom. The average molecular weight is 305 g/mol. The van der Waals surface area contributed by atoms with Crippen LogP contribution in [0.5, 0.6) is 0 Å². The predicted molar refractivity (Wildman–Crippen MR) is 77.3 cm³/mol. The van der Waals surface area contributed by atoms with Crippen LogP contribution in [0.1, 0.15) is 60.4 Å². The number of alkyl halides is 3. The smallest absolute Gasteiger partial charge is 0.309 e. The van der Waals surface area contributed by atoms with Crippen LogP contribution in [0.2, 0.25) is 0 Å². The van der Waals surface area contributed by atoms with E-state index in [2.05, 4.69) is 11.4 Å². The molecule has 0 aromatic carbocycles. The van der Waals surface area contributed by atoms with E-state index in [4.69, 9.17) is 0 Å². The van der Waals surface area contributed by atoms with Gasteiger partial charge in [0.2, 0.25) is 0 Å². The van der Waals surface area contributed by atoms with Crippen LogP contribution in [0.25, 0.3) is 0 Å². The summed E-state index contributed by atoms with van der Waals surface area (Å²) in [5.41, 5.74) is 1.37. The second-order valence-electron chi connectivity index (χ2n) is 5.46. The Hall–Kier alpha value is -0.550. The summed E-state index contributed by atoms with van der Waals surface area (Å²) in [5, 5.41) is 3.28. The van der Waals surface area contributed by atoms with E-state index in [1.54, 1.807) is 11.3 Å². The summed E-state index contributed by atoms with van der Waals surface area (Å²) >= 11 is 1.71. The summed E-state index contributed by atoms with van der Waals surface area (Å²) in [6.07, 6.45) is 0.906. The van der Waals surface area contributed by atoms with Gasteiger partial charge in [-0.15, -0.1) is 11.3 Å². The van der Waals surface area contributed by atoms with E-state index >= 15 is 0 Å². The maximum atomic E-state index is 12.5. The van der Waals surface area contributed by atoms with Crippen LogP contribution in [0.15, 0.2) is 6.07 Å². The first kappa shape index (κ1) is 15.8.